The first kappa shape index (κ1) is 11.4. The fraction of sp³-hybridized carbons (Fsp3) is 0.625. The van der Waals surface area contributed by atoms with Crippen LogP contribution in [0.25, 0.3) is 0 Å². The highest BCUT2D eigenvalue weighted by Gasteiger charge is 2.38. The van der Waals surface area contributed by atoms with Crippen LogP contribution in [0.1, 0.15) is 24.6 Å². The second kappa shape index (κ2) is 3.81. The first-order valence-corrected chi connectivity index (χ1v) is 4.54. The van der Waals surface area contributed by atoms with Crippen molar-refractivity contribution in [3.05, 3.63) is 16.4 Å². The summed E-state index contributed by atoms with van der Waals surface area (Å²) in [6.45, 7) is 1.80. The van der Waals surface area contributed by atoms with Gasteiger partial charge in [-0.2, -0.15) is 18.3 Å². The quantitative estimate of drug-likeness (QED) is 0.758. The molecule has 80 valence electrons. The van der Waals surface area contributed by atoms with Gasteiger partial charge in [-0.3, -0.25) is 4.68 Å². The molecule has 0 atom stereocenters. The fourth-order valence-corrected chi connectivity index (χ4v) is 1.47. The zero-order valence-corrected chi connectivity index (χ0v) is 8.58. The number of hydrogen-bond donors (Lipinski definition) is 0. The molecule has 0 amide bonds. The van der Waals surface area contributed by atoms with E-state index in [-0.39, 0.29) is 10.7 Å². The Bertz CT molecular complexity index is 330. The van der Waals surface area contributed by atoms with Crippen LogP contribution in [0.15, 0.2) is 0 Å². The summed E-state index contributed by atoms with van der Waals surface area (Å²) in [5.41, 5.74) is -0.781. The van der Waals surface area contributed by atoms with Crippen molar-refractivity contribution < 1.29 is 13.2 Å². The van der Waals surface area contributed by atoms with Crippen LogP contribution < -0.4 is 0 Å². The summed E-state index contributed by atoms with van der Waals surface area (Å²) in [5.74, 6) is 0. The van der Waals surface area contributed by atoms with Crippen LogP contribution in [-0.2, 0) is 19.6 Å². The van der Waals surface area contributed by atoms with Gasteiger partial charge in [0, 0.05) is 12.6 Å². The standard InChI is InChI=1S/C8H10ClF3N2/c1-3-4-5-6(8(10,11)12)13-14(2)7(5)9/h3-4H2,1-2H3. The summed E-state index contributed by atoms with van der Waals surface area (Å²) in [5, 5.41) is 3.43. The van der Waals surface area contributed by atoms with E-state index in [1.807, 2.05) is 0 Å². The molecule has 1 heterocycles. The summed E-state index contributed by atoms with van der Waals surface area (Å²) in [6, 6.07) is 0. The number of halogens is 4. The van der Waals surface area contributed by atoms with E-state index in [0.29, 0.717) is 12.8 Å². The molecule has 0 aliphatic carbocycles. The molecule has 0 aromatic carbocycles. The molecule has 0 spiro atoms. The predicted octanol–water partition coefficient (Wildman–Crippen LogP) is 3.04. The van der Waals surface area contributed by atoms with E-state index in [0.717, 1.165) is 4.68 Å². The molecule has 2 nitrogen and oxygen atoms in total. The zero-order chi connectivity index (χ0) is 10.9. The maximum atomic E-state index is 12.4. The van der Waals surface area contributed by atoms with Crippen LogP contribution in [0.5, 0.6) is 0 Å². The molecule has 14 heavy (non-hydrogen) atoms. The van der Waals surface area contributed by atoms with Gasteiger partial charge in [-0.05, 0) is 6.42 Å². The lowest BCUT2D eigenvalue weighted by molar-refractivity contribution is -0.142. The molecule has 1 aromatic heterocycles. The van der Waals surface area contributed by atoms with Gasteiger partial charge in [-0.25, -0.2) is 0 Å². The number of aromatic nitrogens is 2. The Kier molecular flexibility index (Phi) is 3.09. The van der Waals surface area contributed by atoms with Gasteiger partial charge in [0.05, 0.1) is 0 Å². The molecular formula is C8H10ClF3N2. The molecule has 0 aliphatic rings. The number of hydrogen-bond acceptors (Lipinski definition) is 1. The Morgan fingerprint density at radius 3 is 2.43 bits per heavy atom. The Balaban J connectivity index is 3.22. The molecule has 0 radical (unpaired) electrons. The van der Waals surface area contributed by atoms with Crippen molar-refractivity contribution in [2.75, 3.05) is 0 Å². The minimum absolute atomic E-state index is 0.0687. The molecule has 0 saturated heterocycles. The Labute approximate surface area is 84.7 Å². The van der Waals surface area contributed by atoms with Crippen LogP contribution in [0.4, 0.5) is 13.2 Å². The number of nitrogens with zero attached hydrogens (tertiary/aromatic N) is 2. The molecule has 6 heteroatoms. The molecule has 0 fully saturated rings. The van der Waals surface area contributed by atoms with Crippen LogP contribution in [-0.4, -0.2) is 9.78 Å². The normalized spacial score (nSPS) is 12.1. The molecule has 0 aliphatic heterocycles. The second-order valence-electron chi connectivity index (χ2n) is 2.99. The summed E-state index contributed by atoms with van der Waals surface area (Å²) in [4.78, 5) is 0. The summed E-state index contributed by atoms with van der Waals surface area (Å²) in [6.07, 6.45) is -3.52. The topological polar surface area (TPSA) is 17.8 Å². The first-order valence-electron chi connectivity index (χ1n) is 4.16. The van der Waals surface area contributed by atoms with Crippen molar-refractivity contribution in [2.45, 2.75) is 25.9 Å². The van der Waals surface area contributed by atoms with Crippen molar-refractivity contribution in [1.82, 2.24) is 9.78 Å². The van der Waals surface area contributed by atoms with Gasteiger partial charge < -0.3 is 0 Å². The predicted molar refractivity (Wildman–Crippen MR) is 47.2 cm³/mol. The monoisotopic (exact) mass is 226 g/mol. The summed E-state index contributed by atoms with van der Waals surface area (Å²) in [7, 11) is 1.40. The Morgan fingerprint density at radius 1 is 1.43 bits per heavy atom. The van der Waals surface area contributed by atoms with Crippen LogP contribution in [0, 0.1) is 0 Å². The molecule has 0 unspecified atom stereocenters. The minimum Gasteiger partial charge on any atom is -0.256 e. The van der Waals surface area contributed by atoms with Crippen molar-refractivity contribution in [2.24, 2.45) is 7.05 Å². The Hall–Kier alpha value is -0.710. The number of rotatable bonds is 2. The maximum absolute atomic E-state index is 12.4. The van der Waals surface area contributed by atoms with Crippen molar-refractivity contribution in [3.63, 3.8) is 0 Å². The second-order valence-corrected chi connectivity index (χ2v) is 3.35. The lowest BCUT2D eigenvalue weighted by Crippen LogP contribution is -2.09. The molecular weight excluding hydrogens is 217 g/mol. The third-order valence-electron chi connectivity index (χ3n) is 1.84. The van der Waals surface area contributed by atoms with Crippen LogP contribution >= 0.6 is 11.6 Å². The average Bonchev–Trinajstić information content (AvgIpc) is 2.32. The van der Waals surface area contributed by atoms with Gasteiger partial charge in [0.15, 0.2) is 5.69 Å². The van der Waals surface area contributed by atoms with E-state index in [2.05, 4.69) is 5.10 Å². The van der Waals surface area contributed by atoms with E-state index < -0.39 is 11.9 Å². The van der Waals surface area contributed by atoms with Gasteiger partial charge in [0.2, 0.25) is 0 Å². The van der Waals surface area contributed by atoms with Gasteiger partial charge in [0.1, 0.15) is 5.15 Å². The molecule has 1 aromatic rings. The SMILES string of the molecule is CCCc1c(C(F)(F)F)nn(C)c1Cl. The van der Waals surface area contributed by atoms with Crippen molar-refractivity contribution >= 4 is 11.6 Å². The third-order valence-corrected chi connectivity index (χ3v) is 2.31. The maximum Gasteiger partial charge on any atom is 0.435 e. The number of alkyl halides is 3. The van der Waals surface area contributed by atoms with E-state index in [9.17, 15) is 13.2 Å². The molecule has 1 rings (SSSR count). The smallest absolute Gasteiger partial charge is 0.256 e. The van der Waals surface area contributed by atoms with Crippen molar-refractivity contribution in [3.8, 4) is 0 Å². The van der Waals surface area contributed by atoms with E-state index in [4.69, 9.17) is 11.6 Å². The van der Waals surface area contributed by atoms with Crippen LogP contribution in [0.2, 0.25) is 5.15 Å². The van der Waals surface area contributed by atoms with Gasteiger partial charge in [-0.1, -0.05) is 24.9 Å². The highest BCUT2D eigenvalue weighted by atomic mass is 35.5. The third kappa shape index (κ3) is 2.03. The highest BCUT2D eigenvalue weighted by molar-refractivity contribution is 6.30. The molecule has 0 saturated carbocycles. The lowest BCUT2D eigenvalue weighted by atomic mass is 10.1. The van der Waals surface area contributed by atoms with E-state index >= 15 is 0 Å². The highest BCUT2D eigenvalue weighted by Crippen LogP contribution is 2.34. The van der Waals surface area contributed by atoms with E-state index in [1.165, 1.54) is 7.05 Å². The van der Waals surface area contributed by atoms with Gasteiger partial charge in [0.25, 0.3) is 0 Å². The largest absolute Gasteiger partial charge is 0.435 e. The minimum atomic E-state index is -4.42. The Morgan fingerprint density at radius 2 is 2.00 bits per heavy atom. The molecule has 0 N–H and O–H groups in total. The first-order chi connectivity index (χ1) is 6.38. The lowest BCUT2D eigenvalue weighted by Gasteiger charge is -2.04. The fourth-order valence-electron chi connectivity index (χ4n) is 1.25. The van der Waals surface area contributed by atoms with Crippen LogP contribution in [0.3, 0.4) is 0 Å². The van der Waals surface area contributed by atoms with Gasteiger partial charge >= 0.3 is 6.18 Å². The molecule has 0 bridgehead atoms. The zero-order valence-electron chi connectivity index (χ0n) is 7.82. The summed E-state index contributed by atoms with van der Waals surface area (Å²) >= 11 is 5.70. The average molecular weight is 227 g/mol. The number of aryl methyl sites for hydroxylation is 1. The summed E-state index contributed by atoms with van der Waals surface area (Å²) < 4.78 is 38.3. The van der Waals surface area contributed by atoms with Crippen molar-refractivity contribution in [1.29, 1.82) is 0 Å². The van der Waals surface area contributed by atoms with Gasteiger partial charge in [-0.15, -0.1) is 0 Å². The van der Waals surface area contributed by atoms with E-state index in [1.54, 1.807) is 6.92 Å².